The van der Waals surface area contributed by atoms with Gasteiger partial charge in [0.2, 0.25) is 11.8 Å². The number of rotatable bonds is 10. The van der Waals surface area contributed by atoms with Crippen LogP contribution < -0.4 is 21.9 Å². The first-order valence-corrected chi connectivity index (χ1v) is 11.3. The highest BCUT2D eigenvalue weighted by molar-refractivity contribution is 5.81. The van der Waals surface area contributed by atoms with Crippen LogP contribution in [0.4, 0.5) is 0 Å². The van der Waals surface area contributed by atoms with Gasteiger partial charge in [0.15, 0.2) is 0 Å². The molecule has 0 bridgehead atoms. The molecule has 168 valence electrons. The highest BCUT2D eigenvalue weighted by atomic mass is 16.2. The Morgan fingerprint density at radius 3 is 2.52 bits per heavy atom. The molecule has 2 N–H and O–H groups in total. The van der Waals surface area contributed by atoms with Crippen LogP contribution in [-0.2, 0) is 22.7 Å². The number of hydrogen-bond donors (Lipinski definition) is 2. The average molecular weight is 429 g/mol. The molecule has 1 fully saturated rings. The number of fused-ring (bicyclic) bond motifs is 1. The molecule has 2 amide bonds. The summed E-state index contributed by atoms with van der Waals surface area (Å²) >= 11 is 0. The average Bonchev–Trinajstić information content (AvgIpc) is 3.27. The molecule has 8 heteroatoms. The largest absolute Gasteiger partial charge is 0.355 e. The van der Waals surface area contributed by atoms with Crippen molar-refractivity contribution in [3.05, 3.63) is 45.1 Å². The van der Waals surface area contributed by atoms with E-state index in [0.29, 0.717) is 42.8 Å². The number of para-hydroxylation sites is 1. The van der Waals surface area contributed by atoms with Gasteiger partial charge in [0.25, 0.3) is 5.56 Å². The molecular weight excluding hydrogens is 396 g/mol. The summed E-state index contributed by atoms with van der Waals surface area (Å²) < 4.78 is 2.54. The fourth-order valence-electron chi connectivity index (χ4n) is 4.11. The van der Waals surface area contributed by atoms with E-state index in [0.717, 1.165) is 19.3 Å². The van der Waals surface area contributed by atoms with E-state index >= 15 is 0 Å². The Labute approximate surface area is 181 Å². The fourth-order valence-corrected chi connectivity index (χ4v) is 4.11. The number of carbonyl (C=O) groups is 2. The number of benzene rings is 1. The maximum Gasteiger partial charge on any atom is 0.331 e. The molecule has 0 spiro atoms. The van der Waals surface area contributed by atoms with Crippen LogP contribution in [0.15, 0.2) is 33.9 Å². The Morgan fingerprint density at radius 2 is 1.77 bits per heavy atom. The standard InChI is InChI=1S/C23H32N4O4/c1-2-14-24-21(29)16-27-19-12-6-5-11-18(19)22(30)26(23(27)31)15-8-7-13-20(28)25-17-9-3-4-10-17/h5-6,11-12,17H,2-4,7-10,13-16H2,1H3,(H,24,29)(H,25,28). The lowest BCUT2D eigenvalue weighted by Gasteiger charge is -2.14. The van der Waals surface area contributed by atoms with Crippen molar-refractivity contribution in [2.24, 2.45) is 0 Å². The lowest BCUT2D eigenvalue weighted by Crippen LogP contribution is -2.42. The van der Waals surface area contributed by atoms with Gasteiger partial charge in [-0.1, -0.05) is 31.9 Å². The SMILES string of the molecule is CCCNC(=O)Cn1c(=O)n(CCCCC(=O)NC2CCCC2)c(=O)c2ccccc21. The molecule has 1 saturated carbocycles. The van der Waals surface area contributed by atoms with Crippen molar-refractivity contribution >= 4 is 22.7 Å². The van der Waals surface area contributed by atoms with Crippen LogP contribution in [0.5, 0.6) is 0 Å². The quantitative estimate of drug-likeness (QED) is 0.565. The van der Waals surface area contributed by atoms with E-state index in [1.165, 1.54) is 22.0 Å². The van der Waals surface area contributed by atoms with Crippen molar-refractivity contribution in [3.63, 3.8) is 0 Å². The molecule has 2 aromatic rings. The Morgan fingerprint density at radius 1 is 1.03 bits per heavy atom. The predicted octanol–water partition coefficient (Wildman–Crippen LogP) is 1.92. The Bertz CT molecular complexity index is 1030. The molecule has 0 unspecified atom stereocenters. The second-order valence-electron chi connectivity index (χ2n) is 8.20. The number of unbranched alkanes of at least 4 members (excludes halogenated alkanes) is 1. The van der Waals surface area contributed by atoms with Gasteiger partial charge < -0.3 is 10.6 Å². The zero-order valence-electron chi connectivity index (χ0n) is 18.2. The summed E-state index contributed by atoms with van der Waals surface area (Å²) in [6.45, 7) is 2.57. The summed E-state index contributed by atoms with van der Waals surface area (Å²) in [5, 5.41) is 6.23. The van der Waals surface area contributed by atoms with Gasteiger partial charge >= 0.3 is 5.69 Å². The van der Waals surface area contributed by atoms with Crippen molar-refractivity contribution < 1.29 is 9.59 Å². The van der Waals surface area contributed by atoms with Gasteiger partial charge in [-0.25, -0.2) is 4.79 Å². The van der Waals surface area contributed by atoms with E-state index in [1.54, 1.807) is 24.3 Å². The Kier molecular flexibility index (Phi) is 8.03. The normalized spacial score (nSPS) is 14.1. The van der Waals surface area contributed by atoms with Crippen LogP contribution in [-0.4, -0.2) is 33.5 Å². The number of aromatic nitrogens is 2. The summed E-state index contributed by atoms with van der Waals surface area (Å²) in [5.41, 5.74) is -0.400. The van der Waals surface area contributed by atoms with E-state index in [4.69, 9.17) is 0 Å². The van der Waals surface area contributed by atoms with Crippen molar-refractivity contribution in [1.82, 2.24) is 19.8 Å². The molecule has 0 saturated heterocycles. The van der Waals surface area contributed by atoms with Crippen LogP contribution in [0, 0.1) is 0 Å². The summed E-state index contributed by atoms with van der Waals surface area (Å²) in [6, 6.07) is 7.13. The molecule has 8 nitrogen and oxygen atoms in total. The second kappa shape index (κ2) is 10.9. The molecule has 0 atom stereocenters. The molecule has 1 aliphatic rings. The molecule has 0 aliphatic heterocycles. The van der Waals surface area contributed by atoms with Gasteiger partial charge in [0, 0.05) is 25.6 Å². The van der Waals surface area contributed by atoms with Gasteiger partial charge in [-0.3, -0.25) is 23.5 Å². The summed E-state index contributed by atoms with van der Waals surface area (Å²) in [5.74, 6) is -0.231. The first-order chi connectivity index (χ1) is 15.0. The highest BCUT2D eigenvalue weighted by Gasteiger charge is 2.17. The third-order valence-electron chi connectivity index (χ3n) is 5.76. The molecular formula is C23H32N4O4. The Balaban J connectivity index is 1.70. The van der Waals surface area contributed by atoms with Crippen molar-refractivity contribution in [3.8, 4) is 0 Å². The van der Waals surface area contributed by atoms with E-state index in [1.807, 2.05) is 6.92 Å². The van der Waals surface area contributed by atoms with Crippen molar-refractivity contribution in [2.75, 3.05) is 6.54 Å². The summed E-state index contributed by atoms with van der Waals surface area (Å²) in [6.07, 6.45) is 6.73. The second-order valence-corrected chi connectivity index (χ2v) is 8.20. The maximum atomic E-state index is 13.0. The van der Waals surface area contributed by atoms with Crippen LogP contribution >= 0.6 is 0 Å². The van der Waals surface area contributed by atoms with Crippen molar-refractivity contribution in [1.29, 1.82) is 0 Å². The van der Waals surface area contributed by atoms with Gasteiger partial charge in [0.1, 0.15) is 6.54 Å². The molecule has 31 heavy (non-hydrogen) atoms. The highest BCUT2D eigenvalue weighted by Crippen LogP contribution is 2.17. The zero-order chi connectivity index (χ0) is 22.2. The van der Waals surface area contributed by atoms with Gasteiger partial charge in [-0.05, 0) is 44.2 Å². The summed E-state index contributed by atoms with van der Waals surface area (Å²) in [4.78, 5) is 50.3. The molecule has 1 aromatic heterocycles. The monoisotopic (exact) mass is 428 g/mol. The minimum absolute atomic E-state index is 0.0303. The third-order valence-corrected chi connectivity index (χ3v) is 5.76. The predicted molar refractivity (Wildman–Crippen MR) is 120 cm³/mol. The number of carbonyl (C=O) groups excluding carboxylic acids is 2. The third kappa shape index (κ3) is 5.83. The van der Waals surface area contributed by atoms with Crippen LogP contribution in [0.1, 0.15) is 58.3 Å². The number of nitrogens with one attached hydrogen (secondary N) is 2. The van der Waals surface area contributed by atoms with Gasteiger partial charge in [0.05, 0.1) is 10.9 Å². The smallest absolute Gasteiger partial charge is 0.331 e. The van der Waals surface area contributed by atoms with Crippen LogP contribution in [0.2, 0.25) is 0 Å². The lowest BCUT2D eigenvalue weighted by molar-refractivity contribution is -0.122. The van der Waals surface area contributed by atoms with Crippen molar-refractivity contribution in [2.45, 2.75) is 77.4 Å². The zero-order valence-corrected chi connectivity index (χ0v) is 18.2. The minimum Gasteiger partial charge on any atom is -0.355 e. The number of nitrogens with zero attached hydrogens (tertiary/aromatic N) is 2. The topological polar surface area (TPSA) is 102 Å². The van der Waals surface area contributed by atoms with Crippen LogP contribution in [0.25, 0.3) is 10.9 Å². The Hall–Kier alpha value is -2.90. The van der Waals surface area contributed by atoms with E-state index in [-0.39, 0.29) is 30.5 Å². The van der Waals surface area contributed by atoms with Gasteiger partial charge in [-0.15, -0.1) is 0 Å². The molecule has 3 rings (SSSR count). The van der Waals surface area contributed by atoms with Crippen LogP contribution in [0.3, 0.4) is 0 Å². The first kappa shape index (κ1) is 22.8. The first-order valence-electron chi connectivity index (χ1n) is 11.3. The summed E-state index contributed by atoms with van der Waals surface area (Å²) in [7, 11) is 0. The van der Waals surface area contributed by atoms with E-state index < -0.39 is 5.69 Å². The van der Waals surface area contributed by atoms with E-state index in [9.17, 15) is 19.2 Å². The lowest BCUT2D eigenvalue weighted by atomic mass is 10.2. The van der Waals surface area contributed by atoms with Gasteiger partial charge in [-0.2, -0.15) is 0 Å². The fraction of sp³-hybridized carbons (Fsp3) is 0.565. The number of hydrogen-bond acceptors (Lipinski definition) is 4. The maximum absolute atomic E-state index is 13.0. The molecule has 0 radical (unpaired) electrons. The molecule has 1 heterocycles. The minimum atomic E-state index is -0.495. The molecule has 1 aliphatic carbocycles. The van der Waals surface area contributed by atoms with E-state index in [2.05, 4.69) is 10.6 Å². The number of amides is 2. The molecule has 1 aromatic carbocycles.